The van der Waals surface area contributed by atoms with Crippen molar-refractivity contribution in [1.82, 2.24) is 4.90 Å². The van der Waals surface area contributed by atoms with Crippen molar-refractivity contribution < 1.29 is 4.79 Å². The molecule has 0 atom stereocenters. The fourth-order valence-electron chi connectivity index (χ4n) is 2.54. The van der Waals surface area contributed by atoms with Gasteiger partial charge < -0.3 is 10.6 Å². The Bertz CT molecular complexity index is 645. The number of rotatable bonds is 4. The van der Waals surface area contributed by atoms with E-state index in [2.05, 4.69) is 0 Å². The van der Waals surface area contributed by atoms with Crippen LogP contribution in [-0.2, 0) is 6.54 Å². The number of nitrogens with zero attached hydrogens (tertiary/aromatic N) is 1. The number of aryl methyl sites for hydroxylation is 1. The molecule has 3 rings (SSSR count). The van der Waals surface area contributed by atoms with Gasteiger partial charge in [-0.15, -0.1) is 0 Å². The lowest BCUT2D eigenvalue weighted by atomic mass is 10.1. The minimum Gasteiger partial charge on any atom is -0.399 e. The molecule has 0 bridgehead atoms. The lowest BCUT2D eigenvalue weighted by Gasteiger charge is -2.23. The van der Waals surface area contributed by atoms with Crippen molar-refractivity contribution in [3.05, 3.63) is 65.2 Å². The van der Waals surface area contributed by atoms with Gasteiger partial charge >= 0.3 is 0 Å². The van der Waals surface area contributed by atoms with Gasteiger partial charge in [0, 0.05) is 23.8 Å². The van der Waals surface area contributed by atoms with Crippen LogP contribution in [0.25, 0.3) is 0 Å². The number of nitrogens with two attached hydrogens (primary N) is 1. The van der Waals surface area contributed by atoms with Crippen molar-refractivity contribution in [2.24, 2.45) is 0 Å². The summed E-state index contributed by atoms with van der Waals surface area (Å²) in [6, 6.07) is 15.9. The summed E-state index contributed by atoms with van der Waals surface area (Å²) < 4.78 is 0. The summed E-state index contributed by atoms with van der Waals surface area (Å²) in [5, 5.41) is 0. The molecule has 0 aliphatic heterocycles. The average molecular weight is 280 g/mol. The third kappa shape index (κ3) is 3.07. The van der Waals surface area contributed by atoms with E-state index in [0.29, 0.717) is 12.6 Å². The van der Waals surface area contributed by atoms with Crippen molar-refractivity contribution >= 4 is 11.6 Å². The molecular weight excluding hydrogens is 260 g/mol. The van der Waals surface area contributed by atoms with Crippen LogP contribution in [0, 0.1) is 6.92 Å². The molecule has 3 nitrogen and oxygen atoms in total. The number of benzene rings is 2. The number of anilines is 1. The largest absolute Gasteiger partial charge is 0.399 e. The maximum atomic E-state index is 12.8. The quantitative estimate of drug-likeness (QED) is 0.873. The fourth-order valence-corrected chi connectivity index (χ4v) is 2.54. The summed E-state index contributed by atoms with van der Waals surface area (Å²) in [6.45, 7) is 2.64. The summed E-state index contributed by atoms with van der Waals surface area (Å²) in [5.74, 6) is 0.132. The van der Waals surface area contributed by atoms with Gasteiger partial charge in [-0.1, -0.05) is 30.3 Å². The van der Waals surface area contributed by atoms with E-state index in [1.807, 2.05) is 60.4 Å². The second-order valence-corrected chi connectivity index (χ2v) is 5.72. The lowest BCUT2D eigenvalue weighted by Crippen LogP contribution is -2.33. The number of carbonyl (C=O) groups is 1. The van der Waals surface area contributed by atoms with Gasteiger partial charge in [-0.25, -0.2) is 0 Å². The maximum Gasteiger partial charge on any atom is 0.254 e. The molecule has 0 aromatic heterocycles. The van der Waals surface area contributed by atoms with Gasteiger partial charge in [0.2, 0.25) is 0 Å². The Morgan fingerprint density at radius 3 is 2.43 bits per heavy atom. The van der Waals surface area contributed by atoms with Crippen LogP contribution >= 0.6 is 0 Å². The first-order chi connectivity index (χ1) is 10.1. The van der Waals surface area contributed by atoms with Gasteiger partial charge in [0.05, 0.1) is 0 Å². The molecule has 3 heteroatoms. The van der Waals surface area contributed by atoms with E-state index in [-0.39, 0.29) is 5.91 Å². The molecule has 1 saturated carbocycles. The SMILES string of the molecule is Cc1ccccc1C(=O)N(Cc1ccc(N)cc1)C1CC1. The summed E-state index contributed by atoms with van der Waals surface area (Å²) in [5.41, 5.74) is 9.43. The van der Waals surface area contributed by atoms with Crippen LogP contribution in [0.3, 0.4) is 0 Å². The molecule has 1 fully saturated rings. The van der Waals surface area contributed by atoms with Gasteiger partial charge in [-0.2, -0.15) is 0 Å². The number of carbonyl (C=O) groups excluding carboxylic acids is 1. The zero-order valence-electron chi connectivity index (χ0n) is 12.3. The Morgan fingerprint density at radius 2 is 1.81 bits per heavy atom. The van der Waals surface area contributed by atoms with Crippen molar-refractivity contribution in [1.29, 1.82) is 0 Å². The molecule has 1 amide bonds. The van der Waals surface area contributed by atoms with E-state index in [9.17, 15) is 4.79 Å². The van der Waals surface area contributed by atoms with E-state index in [0.717, 1.165) is 35.2 Å². The fraction of sp³-hybridized carbons (Fsp3) is 0.278. The van der Waals surface area contributed by atoms with Crippen LogP contribution in [-0.4, -0.2) is 16.8 Å². The summed E-state index contributed by atoms with van der Waals surface area (Å²) >= 11 is 0. The highest BCUT2D eigenvalue weighted by molar-refractivity contribution is 5.96. The zero-order chi connectivity index (χ0) is 14.8. The lowest BCUT2D eigenvalue weighted by molar-refractivity contribution is 0.0729. The highest BCUT2D eigenvalue weighted by atomic mass is 16.2. The second-order valence-electron chi connectivity index (χ2n) is 5.72. The third-order valence-electron chi connectivity index (χ3n) is 3.96. The summed E-state index contributed by atoms with van der Waals surface area (Å²) in [4.78, 5) is 14.8. The number of nitrogen functional groups attached to an aromatic ring is 1. The highest BCUT2D eigenvalue weighted by Crippen LogP contribution is 2.30. The van der Waals surface area contributed by atoms with Crippen LogP contribution < -0.4 is 5.73 Å². The summed E-state index contributed by atoms with van der Waals surface area (Å²) in [6.07, 6.45) is 2.21. The Hall–Kier alpha value is -2.29. The predicted molar refractivity (Wildman–Crippen MR) is 84.9 cm³/mol. The molecule has 21 heavy (non-hydrogen) atoms. The second kappa shape index (κ2) is 5.60. The number of amides is 1. The predicted octanol–water partition coefficient (Wildman–Crippen LogP) is 3.38. The highest BCUT2D eigenvalue weighted by Gasteiger charge is 2.33. The Kier molecular flexibility index (Phi) is 3.65. The van der Waals surface area contributed by atoms with E-state index in [1.54, 1.807) is 0 Å². The first-order valence-electron chi connectivity index (χ1n) is 7.36. The molecule has 0 radical (unpaired) electrons. The monoisotopic (exact) mass is 280 g/mol. The van der Waals surface area contributed by atoms with Crippen LogP contribution in [0.15, 0.2) is 48.5 Å². The van der Waals surface area contributed by atoms with E-state index in [1.165, 1.54) is 0 Å². The smallest absolute Gasteiger partial charge is 0.254 e. The van der Waals surface area contributed by atoms with Gasteiger partial charge in [0.25, 0.3) is 5.91 Å². The third-order valence-corrected chi connectivity index (χ3v) is 3.96. The molecule has 2 aromatic carbocycles. The van der Waals surface area contributed by atoms with Gasteiger partial charge in [-0.05, 0) is 49.1 Å². The Balaban J connectivity index is 1.83. The normalized spacial score (nSPS) is 14.0. The molecule has 1 aliphatic rings. The van der Waals surface area contributed by atoms with Crippen LogP contribution in [0.5, 0.6) is 0 Å². The number of hydrogen-bond donors (Lipinski definition) is 1. The van der Waals surface area contributed by atoms with E-state index < -0.39 is 0 Å². The molecule has 2 aromatic rings. The Labute approximate surface area is 125 Å². The molecule has 1 aliphatic carbocycles. The molecule has 0 saturated heterocycles. The average Bonchev–Trinajstić information content (AvgIpc) is 3.31. The van der Waals surface area contributed by atoms with Crippen molar-refractivity contribution in [3.8, 4) is 0 Å². The topological polar surface area (TPSA) is 46.3 Å². The van der Waals surface area contributed by atoms with Gasteiger partial charge in [-0.3, -0.25) is 4.79 Å². The zero-order valence-corrected chi connectivity index (χ0v) is 12.3. The molecule has 108 valence electrons. The van der Waals surface area contributed by atoms with Crippen molar-refractivity contribution in [3.63, 3.8) is 0 Å². The van der Waals surface area contributed by atoms with E-state index in [4.69, 9.17) is 5.73 Å². The molecular formula is C18H20N2O. The number of hydrogen-bond acceptors (Lipinski definition) is 2. The Morgan fingerprint density at radius 1 is 1.14 bits per heavy atom. The molecule has 0 spiro atoms. The minimum absolute atomic E-state index is 0.132. The molecule has 0 heterocycles. The van der Waals surface area contributed by atoms with E-state index >= 15 is 0 Å². The first-order valence-corrected chi connectivity index (χ1v) is 7.36. The standard InChI is InChI=1S/C18H20N2O/c1-13-4-2-3-5-17(13)18(21)20(16-10-11-16)12-14-6-8-15(19)9-7-14/h2-9,16H,10-12,19H2,1H3. The van der Waals surface area contributed by atoms with Crippen LogP contribution in [0.1, 0.15) is 34.3 Å². The van der Waals surface area contributed by atoms with Crippen LogP contribution in [0.2, 0.25) is 0 Å². The molecule has 2 N–H and O–H groups in total. The molecule has 0 unspecified atom stereocenters. The maximum absolute atomic E-state index is 12.8. The van der Waals surface area contributed by atoms with Crippen molar-refractivity contribution in [2.45, 2.75) is 32.4 Å². The van der Waals surface area contributed by atoms with Gasteiger partial charge in [0.15, 0.2) is 0 Å². The first kappa shape index (κ1) is 13.7. The van der Waals surface area contributed by atoms with Gasteiger partial charge in [0.1, 0.15) is 0 Å². The summed E-state index contributed by atoms with van der Waals surface area (Å²) in [7, 11) is 0. The van der Waals surface area contributed by atoms with Crippen molar-refractivity contribution in [2.75, 3.05) is 5.73 Å². The minimum atomic E-state index is 0.132. The van der Waals surface area contributed by atoms with Crippen LogP contribution in [0.4, 0.5) is 5.69 Å².